The van der Waals surface area contributed by atoms with Crippen molar-refractivity contribution in [2.45, 2.75) is 6.92 Å². The molecule has 0 aliphatic rings. The van der Waals surface area contributed by atoms with E-state index in [2.05, 4.69) is 20.3 Å². The summed E-state index contributed by atoms with van der Waals surface area (Å²) in [5.41, 5.74) is 2.98. The fourth-order valence-corrected chi connectivity index (χ4v) is 3.66. The first kappa shape index (κ1) is 13.4. The molecule has 0 aliphatic heterocycles. The van der Waals surface area contributed by atoms with Gasteiger partial charge in [0.15, 0.2) is 5.82 Å². The van der Waals surface area contributed by atoms with E-state index in [9.17, 15) is 0 Å². The molecule has 3 heterocycles. The van der Waals surface area contributed by atoms with E-state index in [0.29, 0.717) is 0 Å². The molecule has 0 radical (unpaired) electrons. The van der Waals surface area contributed by atoms with Crippen LogP contribution in [0.4, 0.5) is 11.5 Å². The third-order valence-electron chi connectivity index (χ3n) is 3.47. The smallest absolute Gasteiger partial charge is 0.151 e. The van der Waals surface area contributed by atoms with Gasteiger partial charge in [-0.05, 0) is 42.8 Å². The first-order valence-corrected chi connectivity index (χ1v) is 7.93. The Morgan fingerprint density at radius 1 is 1.14 bits per heavy atom. The Hall–Kier alpha value is -2.24. The fraction of sp³-hybridized carbons (Fsp3) is 0.0625. The molecule has 0 atom stereocenters. The number of rotatable bonds is 2. The maximum atomic E-state index is 6.01. The molecular formula is C16H11ClN4S. The van der Waals surface area contributed by atoms with E-state index in [-0.39, 0.29) is 0 Å². The van der Waals surface area contributed by atoms with Crippen LogP contribution >= 0.6 is 22.9 Å². The minimum Gasteiger partial charge on any atom is -0.339 e. The van der Waals surface area contributed by atoms with Gasteiger partial charge in [0.1, 0.15) is 11.2 Å². The first-order valence-electron chi connectivity index (χ1n) is 6.74. The van der Waals surface area contributed by atoms with Crippen molar-refractivity contribution in [1.29, 1.82) is 0 Å². The normalized spacial score (nSPS) is 11.2. The molecule has 0 saturated heterocycles. The number of thiophene rings is 1. The predicted octanol–water partition coefficient (Wildman–Crippen LogP) is 4.94. The average molecular weight is 327 g/mol. The second-order valence-electron chi connectivity index (χ2n) is 4.94. The van der Waals surface area contributed by atoms with Crippen molar-refractivity contribution >= 4 is 54.9 Å². The Morgan fingerprint density at radius 2 is 2.05 bits per heavy atom. The summed E-state index contributed by atoms with van der Waals surface area (Å²) in [6.45, 7) is 2.01. The van der Waals surface area contributed by atoms with Crippen LogP contribution < -0.4 is 5.32 Å². The number of nitrogens with zero attached hydrogens (tertiary/aromatic N) is 3. The molecule has 0 aliphatic carbocycles. The summed E-state index contributed by atoms with van der Waals surface area (Å²) >= 11 is 7.60. The van der Waals surface area contributed by atoms with Crippen molar-refractivity contribution in [3.63, 3.8) is 0 Å². The summed E-state index contributed by atoms with van der Waals surface area (Å²) in [4.78, 5) is 14.2. The summed E-state index contributed by atoms with van der Waals surface area (Å²) in [6, 6.07) is 9.70. The van der Waals surface area contributed by atoms with E-state index in [1.165, 1.54) is 0 Å². The van der Waals surface area contributed by atoms with Crippen LogP contribution in [0.2, 0.25) is 5.02 Å². The second-order valence-corrected chi connectivity index (χ2v) is 6.38. The molecule has 0 amide bonds. The zero-order valence-electron chi connectivity index (χ0n) is 11.7. The number of aryl methyl sites for hydroxylation is 1. The molecule has 0 unspecified atom stereocenters. The summed E-state index contributed by atoms with van der Waals surface area (Å²) in [7, 11) is 0. The Balaban J connectivity index is 1.88. The number of halogens is 1. The molecule has 4 aromatic rings. The van der Waals surface area contributed by atoms with Crippen LogP contribution in [-0.4, -0.2) is 15.0 Å². The molecule has 3 aromatic heterocycles. The average Bonchev–Trinajstić information content (AvgIpc) is 2.90. The van der Waals surface area contributed by atoms with Crippen molar-refractivity contribution in [2.75, 3.05) is 5.32 Å². The maximum absolute atomic E-state index is 6.01. The van der Waals surface area contributed by atoms with E-state index in [0.717, 1.165) is 42.5 Å². The lowest BCUT2D eigenvalue weighted by molar-refractivity contribution is 1.22. The van der Waals surface area contributed by atoms with E-state index in [1.54, 1.807) is 23.9 Å². The molecule has 22 heavy (non-hydrogen) atoms. The minimum absolute atomic E-state index is 0.724. The van der Waals surface area contributed by atoms with Crippen LogP contribution in [0.1, 0.15) is 5.56 Å². The van der Waals surface area contributed by atoms with Gasteiger partial charge in [-0.15, -0.1) is 11.3 Å². The monoisotopic (exact) mass is 326 g/mol. The largest absolute Gasteiger partial charge is 0.339 e. The number of hydrogen-bond acceptors (Lipinski definition) is 5. The quantitative estimate of drug-likeness (QED) is 0.566. The topological polar surface area (TPSA) is 50.7 Å². The standard InChI is InChI=1S/C16H11ClN4S/c1-9-7-10(17)4-5-12(9)21-15-14-13(19-8-20-15)11-3-2-6-18-16(11)22-14/h2-8H,1H3,(H,19,20,21). The number of pyridine rings is 1. The lowest BCUT2D eigenvalue weighted by Gasteiger charge is -2.09. The van der Waals surface area contributed by atoms with E-state index in [4.69, 9.17) is 11.6 Å². The molecule has 6 heteroatoms. The minimum atomic E-state index is 0.724. The lowest BCUT2D eigenvalue weighted by atomic mass is 10.2. The molecule has 0 bridgehead atoms. The van der Waals surface area contributed by atoms with Gasteiger partial charge in [0, 0.05) is 22.3 Å². The highest BCUT2D eigenvalue weighted by atomic mass is 35.5. The lowest BCUT2D eigenvalue weighted by Crippen LogP contribution is -1.96. The number of benzene rings is 1. The first-order chi connectivity index (χ1) is 10.7. The summed E-state index contributed by atoms with van der Waals surface area (Å²) in [5.74, 6) is 0.790. The van der Waals surface area contributed by atoms with Crippen molar-refractivity contribution < 1.29 is 0 Å². The molecule has 4 rings (SSSR count). The third-order valence-corrected chi connectivity index (χ3v) is 4.81. The van der Waals surface area contributed by atoms with Crippen LogP contribution in [-0.2, 0) is 0 Å². The molecule has 4 nitrogen and oxygen atoms in total. The highest BCUT2D eigenvalue weighted by Gasteiger charge is 2.12. The number of anilines is 2. The number of hydrogen-bond donors (Lipinski definition) is 1. The van der Waals surface area contributed by atoms with Crippen LogP contribution in [0.15, 0.2) is 42.9 Å². The SMILES string of the molecule is Cc1cc(Cl)ccc1Nc1ncnc2c1sc1ncccc12. The van der Waals surface area contributed by atoms with Crippen LogP contribution in [0.3, 0.4) is 0 Å². The Labute approximate surface area is 135 Å². The predicted molar refractivity (Wildman–Crippen MR) is 92.2 cm³/mol. The van der Waals surface area contributed by atoms with Gasteiger partial charge in [-0.25, -0.2) is 15.0 Å². The van der Waals surface area contributed by atoms with Crippen molar-refractivity contribution in [3.05, 3.63) is 53.4 Å². The molecule has 1 N–H and O–H groups in total. The van der Waals surface area contributed by atoms with Gasteiger partial charge < -0.3 is 5.32 Å². The Kier molecular flexibility index (Phi) is 3.17. The molecular weight excluding hydrogens is 316 g/mol. The van der Waals surface area contributed by atoms with Crippen molar-refractivity contribution in [1.82, 2.24) is 15.0 Å². The van der Waals surface area contributed by atoms with Crippen LogP contribution in [0.5, 0.6) is 0 Å². The molecule has 0 fully saturated rings. The molecule has 0 spiro atoms. The van der Waals surface area contributed by atoms with E-state index < -0.39 is 0 Å². The highest BCUT2D eigenvalue weighted by molar-refractivity contribution is 7.25. The zero-order valence-corrected chi connectivity index (χ0v) is 13.2. The molecule has 108 valence electrons. The van der Waals surface area contributed by atoms with Gasteiger partial charge in [0.05, 0.1) is 10.2 Å². The summed E-state index contributed by atoms with van der Waals surface area (Å²) < 4.78 is 1.01. The van der Waals surface area contributed by atoms with Gasteiger partial charge in [-0.1, -0.05) is 11.6 Å². The van der Waals surface area contributed by atoms with Crippen LogP contribution in [0.25, 0.3) is 20.4 Å². The van der Waals surface area contributed by atoms with E-state index in [1.807, 2.05) is 37.3 Å². The van der Waals surface area contributed by atoms with Gasteiger partial charge >= 0.3 is 0 Å². The third kappa shape index (κ3) is 2.19. The van der Waals surface area contributed by atoms with Gasteiger partial charge in [-0.2, -0.15) is 0 Å². The van der Waals surface area contributed by atoms with Gasteiger partial charge in [-0.3, -0.25) is 0 Å². The Morgan fingerprint density at radius 3 is 2.91 bits per heavy atom. The van der Waals surface area contributed by atoms with Crippen molar-refractivity contribution in [2.24, 2.45) is 0 Å². The summed E-state index contributed by atoms with van der Waals surface area (Å²) in [6.07, 6.45) is 3.37. The zero-order chi connectivity index (χ0) is 15.1. The molecule has 1 aromatic carbocycles. The Bertz CT molecular complexity index is 996. The van der Waals surface area contributed by atoms with Gasteiger partial charge in [0.2, 0.25) is 0 Å². The highest BCUT2D eigenvalue weighted by Crippen LogP contribution is 2.35. The van der Waals surface area contributed by atoms with Gasteiger partial charge in [0.25, 0.3) is 0 Å². The van der Waals surface area contributed by atoms with Crippen LogP contribution in [0, 0.1) is 6.92 Å². The number of aromatic nitrogens is 3. The van der Waals surface area contributed by atoms with E-state index >= 15 is 0 Å². The fourth-order valence-electron chi connectivity index (χ4n) is 2.40. The van der Waals surface area contributed by atoms with Crippen molar-refractivity contribution in [3.8, 4) is 0 Å². The second kappa shape index (κ2) is 5.19. The molecule has 0 saturated carbocycles. The number of fused-ring (bicyclic) bond motifs is 3. The maximum Gasteiger partial charge on any atom is 0.151 e. The number of nitrogens with one attached hydrogen (secondary N) is 1. The summed E-state index contributed by atoms with van der Waals surface area (Å²) in [5, 5.41) is 5.16.